The fourth-order valence-electron chi connectivity index (χ4n) is 1.14. The van der Waals surface area contributed by atoms with Crippen LogP contribution in [0.2, 0.25) is 5.02 Å². The Balaban J connectivity index is 2.37. The minimum Gasteiger partial charge on any atom is -0.325 e. The van der Waals surface area contributed by atoms with Gasteiger partial charge in [-0.1, -0.05) is 11.6 Å². The zero-order chi connectivity index (χ0) is 10.8. The molecule has 0 saturated heterocycles. The van der Waals surface area contributed by atoms with Gasteiger partial charge in [-0.05, 0) is 19.1 Å². The second-order valence-corrected chi connectivity index (χ2v) is 3.50. The van der Waals surface area contributed by atoms with Gasteiger partial charge in [-0.25, -0.2) is 4.68 Å². The van der Waals surface area contributed by atoms with Crippen LogP contribution in [0.1, 0.15) is 11.4 Å². The molecule has 0 unspecified atom stereocenters. The van der Waals surface area contributed by atoms with Crippen molar-refractivity contribution in [2.75, 3.05) is 0 Å². The highest BCUT2D eigenvalue weighted by Gasteiger charge is 2.05. The van der Waals surface area contributed by atoms with Crippen LogP contribution in [-0.4, -0.2) is 20.0 Å². The molecular weight excluding hydrogens is 214 g/mol. The zero-order valence-electron chi connectivity index (χ0n) is 8.18. The smallest absolute Gasteiger partial charge is 0.175 e. The van der Waals surface area contributed by atoms with Gasteiger partial charge in [0.2, 0.25) is 0 Å². The molecule has 2 aromatic heterocycles. The summed E-state index contributed by atoms with van der Waals surface area (Å²) in [4.78, 5) is 0. The summed E-state index contributed by atoms with van der Waals surface area (Å²) in [6, 6.07) is 3.62. The van der Waals surface area contributed by atoms with Gasteiger partial charge in [-0.3, -0.25) is 0 Å². The minimum absolute atomic E-state index is 0.381. The summed E-state index contributed by atoms with van der Waals surface area (Å²) in [6.45, 7) is 2.21. The topological polar surface area (TPSA) is 69.6 Å². The Kier molecular flexibility index (Phi) is 2.66. The zero-order valence-corrected chi connectivity index (χ0v) is 8.94. The van der Waals surface area contributed by atoms with Crippen LogP contribution in [0.25, 0.3) is 5.82 Å². The molecule has 0 spiro atoms. The molecule has 2 heterocycles. The third-order valence-corrected chi connectivity index (χ3v) is 2.36. The van der Waals surface area contributed by atoms with E-state index in [2.05, 4.69) is 15.3 Å². The molecule has 0 saturated carbocycles. The van der Waals surface area contributed by atoms with Gasteiger partial charge >= 0.3 is 0 Å². The lowest BCUT2D eigenvalue weighted by molar-refractivity contribution is 0.785. The molecule has 0 aliphatic carbocycles. The van der Waals surface area contributed by atoms with Crippen LogP contribution in [0.15, 0.2) is 18.3 Å². The molecule has 0 aromatic carbocycles. The maximum atomic E-state index is 5.89. The molecule has 0 aliphatic rings. The Hall–Kier alpha value is -1.46. The van der Waals surface area contributed by atoms with E-state index in [0.717, 1.165) is 11.4 Å². The molecule has 0 radical (unpaired) electrons. The summed E-state index contributed by atoms with van der Waals surface area (Å²) < 4.78 is 1.59. The molecule has 0 fully saturated rings. The van der Waals surface area contributed by atoms with Crippen molar-refractivity contribution in [2.24, 2.45) is 5.73 Å². The number of nitrogens with two attached hydrogens (primary N) is 1. The van der Waals surface area contributed by atoms with Crippen LogP contribution in [0.5, 0.6) is 0 Å². The molecule has 0 aliphatic heterocycles. The molecule has 15 heavy (non-hydrogen) atoms. The van der Waals surface area contributed by atoms with Crippen LogP contribution < -0.4 is 5.73 Å². The summed E-state index contributed by atoms with van der Waals surface area (Å²) in [7, 11) is 0. The summed E-state index contributed by atoms with van der Waals surface area (Å²) in [6.07, 6.45) is 1.70. The van der Waals surface area contributed by atoms with E-state index in [1.165, 1.54) is 0 Å². The minimum atomic E-state index is 0.381. The molecular formula is C9H10ClN5. The number of hydrogen-bond donors (Lipinski definition) is 1. The van der Waals surface area contributed by atoms with Crippen molar-refractivity contribution in [1.29, 1.82) is 0 Å². The van der Waals surface area contributed by atoms with Gasteiger partial charge in [0.1, 0.15) is 0 Å². The monoisotopic (exact) mass is 223 g/mol. The predicted octanol–water partition coefficient (Wildman–Crippen LogP) is 1.08. The van der Waals surface area contributed by atoms with Crippen LogP contribution in [0, 0.1) is 6.92 Å². The van der Waals surface area contributed by atoms with E-state index in [9.17, 15) is 0 Å². The molecule has 0 atom stereocenters. The van der Waals surface area contributed by atoms with Crippen LogP contribution in [-0.2, 0) is 6.54 Å². The molecule has 2 rings (SSSR count). The van der Waals surface area contributed by atoms with E-state index in [1.54, 1.807) is 16.9 Å². The Bertz CT molecular complexity index is 442. The third-order valence-electron chi connectivity index (χ3n) is 1.99. The Morgan fingerprint density at radius 3 is 2.67 bits per heavy atom. The molecule has 6 heteroatoms. The van der Waals surface area contributed by atoms with E-state index in [-0.39, 0.29) is 0 Å². The van der Waals surface area contributed by atoms with Crippen LogP contribution in [0.3, 0.4) is 0 Å². The van der Waals surface area contributed by atoms with Crippen molar-refractivity contribution >= 4 is 11.6 Å². The first-order valence-corrected chi connectivity index (χ1v) is 4.83. The summed E-state index contributed by atoms with van der Waals surface area (Å²) in [5.74, 6) is 0.627. The van der Waals surface area contributed by atoms with Gasteiger partial charge in [0.15, 0.2) is 5.82 Å². The fraction of sp³-hybridized carbons (Fsp3) is 0.222. The standard InChI is InChI=1S/C9H10ClN5/c1-6-8(10)5-15(14-6)9-3-2-7(4-11)12-13-9/h2-3,5H,4,11H2,1H3. The average Bonchev–Trinajstić information content (AvgIpc) is 2.59. The summed E-state index contributed by atoms with van der Waals surface area (Å²) >= 11 is 5.89. The lowest BCUT2D eigenvalue weighted by Crippen LogP contribution is -2.05. The number of halogens is 1. The highest BCUT2D eigenvalue weighted by atomic mass is 35.5. The van der Waals surface area contributed by atoms with Crippen molar-refractivity contribution in [3.8, 4) is 5.82 Å². The van der Waals surface area contributed by atoms with Crippen molar-refractivity contribution in [1.82, 2.24) is 20.0 Å². The van der Waals surface area contributed by atoms with Gasteiger partial charge < -0.3 is 5.73 Å². The lowest BCUT2D eigenvalue weighted by Gasteiger charge is -1.99. The molecule has 5 nitrogen and oxygen atoms in total. The molecule has 2 N–H and O–H groups in total. The highest BCUT2D eigenvalue weighted by Crippen LogP contribution is 2.14. The van der Waals surface area contributed by atoms with E-state index in [0.29, 0.717) is 17.4 Å². The fourth-order valence-corrected chi connectivity index (χ4v) is 1.27. The molecule has 2 aromatic rings. The maximum absolute atomic E-state index is 5.89. The van der Waals surface area contributed by atoms with Crippen LogP contribution in [0.4, 0.5) is 0 Å². The summed E-state index contributed by atoms with van der Waals surface area (Å²) in [5, 5.41) is 12.7. The highest BCUT2D eigenvalue weighted by molar-refractivity contribution is 6.31. The number of nitrogens with zero attached hydrogens (tertiary/aromatic N) is 4. The number of aryl methyl sites for hydroxylation is 1. The van der Waals surface area contributed by atoms with Gasteiger partial charge in [-0.2, -0.15) is 10.2 Å². The van der Waals surface area contributed by atoms with E-state index >= 15 is 0 Å². The second kappa shape index (κ2) is 3.96. The quantitative estimate of drug-likeness (QED) is 0.827. The van der Waals surface area contributed by atoms with Gasteiger partial charge in [0.25, 0.3) is 0 Å². The predicted molar refractivity (Wildman–Crippen MR) is 56.8 cm³/mol. The SMILES string of the molecule is Cc1nn(-c2ccc(CN)nn2)cc1Cl. The number of rotatable bonds is 2. The molecule has 0 bridgehead atoms. The molecule has 0 amide bonds. The number of aromatic nitrogens is 4. The Morgan fingerprint density at radius 1 is 1.40 bits per heavy atom. The normalized spacial score (nSPS) is 10.6. The van der Waals surface area contributed by atoms with E-state index in [4.69, 9.17) is 17.3 Å². The first kappa shape index (κ1) is 10.1. The van der Waals surface area contributed by atoms with Crippen molar-refractivity contribution in [3.05, 3.63) is 34.7 Å². The van der Waals surface area contributed by atoms with Crippen molar-refractivity contribution < 1.29 is 0 Å². The average molecular weight is 224 g/mol. The summed E-state index contributed by atoms with van der Waals surface area (Å²) in [5.41, 5.74) is 6.93. The molecule has 78 valence electrons. The second-order valence-electron chi connectivity index (χ2n) is 3.09. The van der Waals surface area contributed by atoms with Crippen molar-refractivity contribution in [2.45, 2.75) is 13.5 Å². The van der Waals surface area contributed by atoms with Crippen LogP contribution >= 0.6 is 11.6 Å². The largest absolute Gasteiger partial charge is 0.325 e. The van der Waals surface area contributed by atoms with Gasteiger partial charge in [0, 0.05) is 6.54 Å². The van der Waals surface area contributed by atoms with E-state index < -0.39 is 0 Å². The lowest BCUT2D eigenvalue weighted by atomic mass is 10.4. The first-order chi connectivity index (χ1) is 7.20. The number of hydrogen-bond acceptors (Lipinski definition) is 4. The van der Waals surface area contributed by atoms with E-state index in [1.807, 2.05) is 13.0 Å². The maximum Gasteiger partial charge on any atom is 0.175 e. The third kappa shape index (κ3) is 1.98. The first-order valence-electron chi connectivity index (χ1n) is 4.45. The Morgan fingerprint density at radius 2 is 2.20 bits per heavy atom. The van der Waals surface area contributed by atoms with Crippen molar-refractivity contribution in [3.63, 3.8) is 0 Å². The van der Waals surface area contributed by atoms with Gasteiger partial charge in [0.05, 0.1) is 22.6 Å². The van der Waals surface area contributed by atoms with Gasteiger partial charge in [-0.15, -0.1) is 5.10 Å². The Labute approximate surface area is 91.9 Å².